The zero-order valence-corrected chi connectivity index (χ0v) is 15.8. The average molecular weight is 458 g/mol. The van der Waals surface area contributed by atoms with Crippen molar-refractivity contribution in [3.8, 4) is 0 Å². The Hall–Kier alpha value is -1.43. The minimum absolute atomic E-state index is 0.345. The van der Waals surface area contributed by atoms with E-state index in [2.05, 4.69) is 0 Å². The molecule has 1 saturated heterocycles. The van der Waals surface area contributed by atoms with E-state index in [1.165, 1.54) is 6.92 Å². The fourth-order valence-electron chi connectivity index (χ4n) is 2.24. The van der Waals surface area contributed by atoms with Gasteiger partial charge in [0.25, 0.3) is 0 Å². The van der Waals surface area contributed by atoms with Crippen molar-refractivity contribution in [2.75, 3.05) is 4.43 Å². The molecular formula is C14H19IO9. The maximum Gasteiger partial charge on any atom is 0.305 e. The van der Waals surface area contributed by atoms with Gasteiger partial charge in [-0.2, -0.15) is 0 Å². The number of rotatable bonds is 5. The molecule has 24 heavy (non-hydrogen) atoms. The second kappa shape index (κ2) is 9.16. The van der Waals surface area contributed by atoms with Crippen LogP contribution in [-0.4, -0.2) is 59.0 Å². The zero-order valence-electron chi connectivity index (χ0n) is 13.6. The van der Waals surface area contributed by atoms with Gasteiger partial charge in [0.15, 0.2) is 12.2 Å². The van der Waals surface area contributed by atoms with Gasteiger partial charge < -0.3 is 23.7 Å². The predicted octanol–water partition coefficient (Wildman–Crippen LogP) is 0.504. The lowest BCUT2D eigenvalue weighted by Crippen LogP contribution is -2.62. The Morgan fingerprint density at radius 1 is 0.750 bits per heavy atom. The topological polar surface area (TPSA) is 114 Å². The van der Waals surface area contributed by atoms with E-state index in [1.54, 1.807) is 0 Å². The van der Waals surface area contributed by atoms with Gasteiger partial charge in [0.05, 0.1) is 0 Å². The van der Waals surface area contributed by atoms with Crippen molar-refractivity contribution >= 4 is 46.5 Å². The highest BCUT2D eigenvalue weighted by Crippen LogP contribution is 2.30. The van der Waals surface area contributed by atoms with Crippen LogP contribution < -0.4 is 0 Å². The van der Waals surface area contributed by atoms with Crippen LogP contribution in [-0.2, 0) is 42.9 Å². The third-order valence-electron chi connectivity index (χ3n) is 2.93. The Morgan fingerprint density at radius 3 is 1.58 bits per heavy atom. The number of hydrogen-bond donors (Lipinski definition) is 0. The zero-order chi connectivity index (χ0) is 18.4. The Morgan fingerprint density at radius 2 is 1.17 bits per heavy atom. The lowest BCUT2D eigenvalue weighted by Gasteiger charge is -2.43. The third kappa shape index (κ3) is 5.89. The summed E-state index contributed by atoms with van der Waals surface area (Å²) in [7, 11) is 0. The molecule has 0 aromatic rings. The highest BCUT2D eigenvalue weighted by molar-refractivity contribution is 14.1. The van der Waals surface area contributed by atoms with Crippen LogP contribution >= 0.6 is 22.6 Å². The number of halogens is 1. The average Bonchev–Trinajstić information content (AvgIpc) is 2.42. The van der Waals surface area contributed by atoms with Crippen molar-refractivity contribution in [1.82, 2.24) is 0 Å². The molecule has 0 N–H and O–H groups in total. The molecule has 0 aromatic heterocycles. The summed E-state index contributed by atoms with van der Waals surface area (Å²) in [6.07, 6.45) is -5.47. The number of carbonyl (C=O) groups excluding carboxylic acids is 4. The first kappa shape index (κ1) is 20.6. The van der Waals surface area contributed by atoms with Crippen molar-refractivity contribution < 1.29 is 42.9 Å². The van der Waals surface area contributed by atoms with Crippen LogP contribution in [0.25, 0.3) is 0 Å². The summed E-state index contributed by atoms with van der Waals surface area (Å²) < 4.78 is 26.5. The lowest BCUT2D eigenvalue weighted by molar-refractivity contribution is -0.291. The van der Waals surface area contributed by atoms with Crippen molar-refractivity contribution in [1.29, 1.82) is 0 Å². The summed E-state index contributed by atoms with van der Waals surface area (Å²) >= 11 is 1.98. The van der Waals surface area contributed by atoms with E-state index in [9.17, 15) is 19.2 Å². The SMILES string of the molecule is CC(=O)O[C@@H]1O[C@H](CI)[C@@H](OC(C)=O)[C@H](OC(C)=O)[C@@H]1OC(C)=O. The summed E-state index contributed by atoms with van der Waals surface area (Å²) in [5.74, 6) is -2.67. The predicted molar refractivity (Wildman–Crippen MR) is 86.0 cm³/mol. The first-order valence-electron chi connectivity index (χ1n) is 7.06. The number of carbonyl (C=O) groups is 4. The maximum absolute atomic E-state index is 11.4. The van der Waals surface area contributed by atoms with E-state index >= 15 is 0 Å². The molecule has 1 rings (SSSR count). The molecule has 9 nitrogen and oxygen atoms in total. The summed E-state index contributed by atoms with van der Waals surface area (Å²) in [6, 6.07) is 0. The standard InChI is InChI=1S/C14H19IO9/c1-6(16)20-11-10(5-15)24-14(23-9(4)19)13(22-8(3)18)12(11)21-7(2)17/h10-14H,5H2,1-4H3/t10-,11-,12+,13+,14-/m1/s1. The van der Waals surface area contributed by atoms with E-state index < -0.39 is 54.6 Å². The quantitative estimate of drug-likeness (QED) is 0.252. The molecule has 0 aliphatic carbocycles. The van der Waals surface area contributed by atoms with Gasteiger partial charge in [0.2, 0.25) is 12.4 Å². The van der Waals surface area contributed by atoms with Crippen molar-refractivity contribution in [2.45, 2.75) is 58.4 Å². The van der Waals surface area contributed by atoms with Gasteiger partial charge in [-0.25, -0.2) is 0 Å². The molecule has 1 aliphatic rings. The molecule has 136 valence electrons. The van der Waals surface area contributed by atoms with E-state index in [-0.39, 0.29) is 0 Å². The van der Waals surface area contributed by atoms with Gasteiger partial charge in [-0.3, -0.25) is 19.2 Å². The molecule has 0 bridgehead atoms. The summed E-state index contributed by atoms with van der Waals surface area (Å²) in [6.45, 7) is 4.65. The Kier molecular flexibility index (Phi) is 7.87. The molecule has 1 heterocycles. The molecule has 0 unspecified atom stereocenters. The fourth-order valence-corrected chi connectivity index (χ4v) is 2.95. The largest absolute Gasteiger partial charge is 0.456 e. The van der Waals surface area contributed by atoms with E-state index in [0.717, 1.165) is 20.8 Å². The van der Waals surface area contributed by atoms with Gasteiger partial charge in [-0.05, 0) is 0 Å². The molecular weight excluding hydrogens is 439 g/mol. The second-order valence-electron chi connectivity index (χ2n) is 5.03. The summed E-state index contributed by atoms with van der Waals surface area (Å²) in [4.78, 5) is 45.5. The van der Waals surface area contributed by atoms with Crippen molar-refractivity contribution in [3.63, 3.8) is 0 Å². The number of hydrogen-bond acceptors (Lipinski definition) is 9. The van der Waals surface area contributed by atoms with Crippen LogP contribution in [0.1, 0.15) is 27.7 Å². The van der Waals surface area contributed by atoms with Crippen molar-refractivity contribution in [2.24, 2.45) is 0 Å². The Bertz CT molecular complexity index is 506. The van der Waals surface area contributed by atoms with Crippen molar-refractivity contribution in [3.05, 3.63) is 0 Å². The first-order valence-corrected chi connectivity index (χ1v) is 8.58. The molecule has 0 aromatic carbocycles. The van der Waals surface area contributed by atoms with Crippen LogP contribution in [0.5, 0.6) is 0 Å². The number of alkyl halides is 1. The van der Waals surface area contributed by atoms with E-state index in [0.29, 0.717) is 4.43 Å². The van der Waals surface area contributed by atoms with E-state index in [1.807, 2.05) is 22.6 Å². The van der Waals surface area contributed by atoms with Crippen LogP contribution in [0.3, 0.4) is 0 Å². The highest BCUT2D eigenvalue weighted by Gasteiger charge is 2.52. The van der Waals surface area contributed by atoms with Gasteiger partial charge in [0, 0.05) is 32.1 Å². The smallest absolute Gasteiger partial charge is 0.305 e. The van der Waals surface area contributed by atoms with Crippen LogP contribution in [0, 0.1) is 0 Å². The van der Waals surface area contributed by atoms with E-state index in [4.69, 9.17) is 23.7 Å². The second-order valence-corrected chi connectivity index (χ2v) is 5.91. The Balaban J connectivity index is 3.23. The Labute approximate surface area is 152 Å². The molecule has 0 radical (unpaired) electrons. The number of ether oxygens (including phenoxy) is 5. The van der Waals surface area contributed by atoms with Crippen LogP contribution in [0.4, 0.5) is 0 Å². The third-order valence-corrected chi connectivity index (χ3v) is 3.80. The van der Waals surface area contributed by atoms with Gasteiger partial charge >= 0.3 is 23.9 Å². The van der Waals surface area contributed by atoms with Gasteiger partial charge in [-0.1, -0.05) is 22.6 Å². The summed E-state index contributed by atoms with van der Waals surface area (Å²) in [5.41, 5.74) is 0. The molecule has 1 aliphatic heterocycles. The monoisotopic (exact) mass is 458 g/mol. The molecule has 5 atom stereocenters. The van der Waals surface area contributed by atoms with Crippen LogP contribution in [0.2, 0.25) is 0 Å². The lowest BCUT2D eigenvalue weighted by atomic mass is 9.99. The maximum atomic E-state index is 11.4. The molecule has 10 heteroatoms. The molecule has 0 saturated carbocycles. The molecule has 1 fully saturated rings. The normalized spacial score (nSPS) is 29.3. The first-order chi connectivity index (χ1) is 11.1. The highest BCUT2D eigenvalue weighted by atomic mass is 127. The minimum atomic E-state index is -1.29. The van der Waals surface area contributed by atoms with Gasteiger partial charge in [-0.15, -0.1) is 0 Å². The fraction of sp³-hybridized carbons (Fsp3) is 0.714. The van der Waals surface area contributed by atoms with Crippen LogP contribution in [0.15, 0.2) is 0 Å². The number of esters is 4. The minimum Gasteiger partial charge on any atom is -0.456 e. The summed E-state index contributed by atoms with van der Waals surface area (Å²) in [5, 5.41) is 0. The van der Waals surface area contributed by atoms with Gasteiger partial charge in [0.1, 0.15) is 6.10 Å². The molecule has 0 spiro atoms. The molecule has 0 amide bonds.